The molecule has 2 N–H and O–H groups in total. The van der Waals surface area contributed by atoms with E-state index in [1.807, 2.05) is 6.92 Å². The van der Waals surface area contributed by atoms with Gasteiger partial charge in [0.2, 0.25) is 10.0 Å². The molecule has 7 heteroatoms. The molecule has 0 aromatic carbocycles. The van der Waals surface area contributed by atoms with E-state index in [1.165, 1.54) is 4.31 Å². The summed E-state index contributed by atoms with van der Waals surface area (Å²) in [6, 6.07) is -0.151. The van der Waals surface area contributed by atoms with Crippen molar-refractivity contribution in [3.63, 3.8) is 0 Å². The molecule has 1 fully saturated rings. The maximum Gasteiger partial charge on any atom is 0.223 e. The highest BCUT2D eigenvalue weighted by atomic mass is 32.2. The van der Waals surface area contributed by atoms with Gasteiger partial charge in [-0.15, -0.1) is 0 Å². The zero-order valence-electron chi connectivity index (χ0n) is 9.55. The van der Waals surface area contributed by atoms with E-state index in [0.29, 0.717) is 26.2 Å². The van der Waals surface area contributed by atoms with Crippen LogP contribution in [0.3, 0.4) is 0 Å². The molecule has 0 bridgehead atoms. The molecule has 0 radical (unpaired) electrons. The van der Waals surface area contributed by atoms with Crippen molar-refractivity contribution >= 4 is 27.2 Å². The standard InChI is InChI=1S/C9H18N2O3S2/c1-3-8(9(10)15)16(12,13)11-4-5-14-6-7(11)2/h7-8H,3-6H2,1-2H3,(H2,10,15). The molecule has 0 amide bonds. The van der Waals surface area contributed by atoms with E-state index in [2.05, 4.69) is 0 Å². The summed E-state index contributed by atoms with van der Waals surface area (Å²) >= 11 is 4.81. The van der Waals surface area contributed by atoms with Crippen LogP contribution in [0.5, 0.6) is 0 Å². The molecule has 0 aromatic rings. The van der Waals surface area contributed by atoms with Crippen molar-refractivity contribution in [2.24, 2.45) is 5.73 Å². The largest absolute Gasteiger partial charge is 0.392 e. The zero-order valence-corrected chi connectivity index (χ0v) is 11.2. The van der Waals surface area contributed by atoms with Crippen molar-refractivity contribution in [3.05, 3.63) is 0 Å². The molecular formula is C9H18N2O3S2. The number of hydrogen-bond acceptors (Lipinski definition) is 4. The van der Waals surface area contributed by atoms with Crippen molar-refractivity contribution in [1.29, 1.82) is 0 Å². The summed E-state index contributed by atoms with van der Waals surface area (Å²) < 4.78 is 31.2. The van der Waals surface area contributed by atoms with Crippen LogP contribution in [0.4, 0.5) is 0 Å². The Morgan fingerprint density at radius 2 is 2.31 bits per heavy atom. The zero-order chi connectivity index (χ0) is 12.3. The van der Waals surface area contributed by atoms with Gasteiger partial charge in [0.05, 0.1) is 18.2 Å². The number of nitrogens with zero attached hydrogens (tertiary/aromatic N) is 1. The number of nitrogens with two attached hydrogens (primary N) is 1. The summed E-state index contributed by atoms with van der Waals surface area (Å²) in [5.41, 5.74) is 5.48. The molecule has 0 spiro atoms. The number of sulfonamides is 1. The van der Waals surface area contributed by atoms with Crippen LogP contribution in [-0.4, -0.2) is 48.8 Å². The lowest BCUT2D eigenvalue weighted by molar-refractivity contribution is 0.0391. The molecule has 94 valence electrons. The molecule has 5 nitrogen and oxygen atoms in total. The van der Waals surface area contributed by atoms with Crippen molar-refractivity contribution in [1.82, 2.24) is 4.31 Å². The van der Waals surface area contributed by atoms with Gasteiger partial charge in [-0.05, 0) is 13.3 Å². The fourth-order valence-corrected chi connectivity index (χ4v) is 4.28. The molecule has 2 atom stereocenters. The fourth-order valence-electron chi connectivity index (χ4n) is 1.81. The van der Waals surface area contributed by atoms with Gasteiger partial charge >= 0.3 is 0 Å². The summed E-state index contributed by atoms with van der Waals surface area (Å²) in [5.74, 6) is 0. The SMILES string of the molecule is CCC(C(N)=S)S(=O)(=O)N1CCOCC1C. The molecule has 0 aliphatic carbocycles. The average molecular weight is 266 g/mol. The average Bonchev–Trinajstić information content (AvgIpc) is 2.17. The van der Waals surface area contributed by atoms with Gasteiger partial charge in [-0.1, -0.05) is 19.1 Å². The molecule has 1 saturated heterocycles. The Morgan fingerprint density at radius 3 is 2.75 bits per heavy atom. The Hall–Kier alpha value is -0.240. The number of morpholine rings is 1. The van der Waals surface area contributed by atoms with E-state index in [9.17, 15) is 8.42 Å². The molecule has 1 aliphatic rings. The van der Waals surface area contributed by atoms with E-state index in [-0.39, 0.29) is 11.0 Å². The normalized spacial score (nSPS) is 25.2. The Morgan fingerprint density at radius 1 is 1.69 bits per heavy atom. The Labute approximate surface area is 102 Å². The lowest BCUT2D eigenvalue weighted by atomic mass is 10.3. The predicted octanol–water partition coefficient (Wildman–Crippen LogP) is 0.102. The summed E-state index contributed by atoms with van der Waals surface area (Å²) in [5, 5.41) is -0.761. The van der Waals surface area contributed by atoms with Gasteiger partial charge in [0, 0.05) is 12.6 Å². The maximum absolute atomic E-state index is 12.3. The number of ether oxygens (including phenoxy) is 1. The second kappa shape index (κ2) is 5.39. The molecule has 0 saturated carbocycles. The topological polar surface area (TPSA) is 72.6 Å². The van der Waals surface area contributed by atoms with Gasteiger partial charge in [-0.25, -0.2) is 8.42 Å². The minimum Gasteiger partial charge on any atom is -0.392 e. The predicted molar refractivity (Wildman–Crippen MR) is 66.8 cm³/mol. The molecule has 1 heterocycles. The number of thiocarbonyl (C=S) groups is 1. The van der Waals surface area contributed by atoms with Crippen LogP contribution in [-0.2, 0) is 14.8 Å². The van der Waals surface area contributed by atoms with Gasteiger partial charge in [-0.2, -0.15) is 4.31 Å². The third-order valence-corrected chi connectivity index (χ3v) is 5.62. The lowest BCUT2D eigenvalue weighted by Crippen LogP contribution is -2.52. The van der Waals surface area contributed by atoms with Crippen molar-refractivity contribution in [3.8, 4) is 0 Å². The Bertz CT molecular complexity index is 356. The van der Waals surface area contributed by atoms with Crippen LogP contribution >= 0.6 is 12.2 Å². The second-order valence-electron chi connectivity index (χ2n) is 3.88. The van der Waals surface area contributed by atoms with Crippen LogP contribution < -0.4 is 5.73 Å². The monoisotopic (exact) mass is 266 g/mol. The van der Waals surface area contributed by atoms with Gasteiger partial charge in [-0.3, -0.25) is 0 Å². The third-order valence-electron chi connectivity index (χ3n) is 2.68. The van der Waals surface area contributed by atoms with Crippen LogP contribution in [0.2, 0.25) is 0 Å². The Kier molecular flexibility index (Phi) is 4.66. The van der Waals surface area contributed by atoms with Crippen LogP contribution in [0.25, 0.3) is 0 Å². The van der Waals surface area contributed by atoms with Crippen LogP contribution in [0.1, 0.15) is 20.3 Å². The fraction of sp³-hybridized carbons (Fsp3) is 0.889. The highest BCUT2D eigenvalue weighted by molar-refractivity contribution is 7.92. The first-order valence-electron chi connectivity index (χ1n) is 5.29. The summed E-state index contributed by atoms with van der Waals surface area (Å²) in [7, 11) is -3.44. The molecule has 16 heavy (non-hydrogen) atoms. The first-order valence-corrected chi connectivity index (χ1v) is 7.20. The first kappa shape index (κ1) is 13.8. The number of hydrogen-bond donors (Lipinski definition) is 1. The van der Waals surface area contributed by atoms with Crippen LogP contribution in [0, 0.1) is 0 Å². The van der Waals surface area contributed by atoms with E-state index in [0.717, 1.165) is 0 Å². The van der Waals surface area contributed by atoms with Crippen molar-refractivity contribution in [2.75, 3.05) is 19.8 Å². The smallest absolute Gasteiger partial charge is 0.223 e. The first-order chi connectivity index (χ1) is 7.41. The highest BCUT2D eigenvalue weighted by Crippen LogP contribution is 2.18. The quantitative estimate of drug-likeness (QED) is 0.731. The highest BCUT2D eigenvalue weighted by Gasteiger charge is 2.36. The summed E-state index contributed by atoms with van der Waals surface area (Å²) in [6.45, 7) is 4.82. The summed E-state index contributed by atoms with van der Waals surface area (Å²) in [6.07, 6.45) is 0.405. The maximum atomic E-state index is 12.3. The minimum atomic E-state index is -3.44. The van der Waals surface area contributed by atoms with Gasteiger partial charge in [0.25, 0.3) is 0 Å². The molecule has 2 unspecified atom stereocenters. The molecule has 0 aromatic heterocycles. The molecular weight excluding hydrogens is 248 g/mol. The minimum absolute atomic E-state index is 0.0428. The lowest BCUT2D eigenvalue weighted by Gasteiger charge is -2.34. The Balaban J connectivity index is 2.94. The molecule has 1 aliphatic heterocycles. The van der Waals surface area contributed by atoms with Gasteiger partial charge in [0.15, 0.2) is 0 Å². The summed E-state index contributed by atoms with van der Waals surface area (Å²) in [4.78, 5) is 0.0428. The van der Waals surface area contributed by atoms with Gasteiger partial charge < -0.3 is 10.5 Å². The van der Waals surface area contributed by atoms with Crippen LogP contribution in [0.15, 0.2) is 0 Å². The van der Waals surface area contributed by atoms with E-state index < -0.39 is 15.3 Å². The van der Waals surface area contributed by atoms with Crippen molar-refractivity contribution in [2.45, 2.75) is 31.6 Å². The van der Waals surface area contributed by atoms with Crippen molar-refractivity contribution < 1.29 is 13.2 Å². The van der Waals surface area contributed by atoms with E-state index >= 15 is 0 Å². The number of rotatable bonds is 4. The van der Waals surface area contributed by atoms with E-state index in [1.54, 1.807) is 6.92 Å². The second-order valence-corrected chi connectivity index (χ2v) is 6.42. The third kappa shape index (κ3) is 2.71. The van der Waals surface area contributed by atoms with Gasteiger partial charge in [0.1, 0.15) is 5.25 Å². The molecule has 1 rings (SSSR count). The van der Waals surface area contributed by atoms with E-state index in [4.69, 9.17) is 22.7 Å².